The van der Waals surface area contributed by atoms with Gasteiger partial charge >= 0.3 is 5.97 Å². The third-order valence-electron chi connectivity index (χ3n) is 4.11. The quantitative estimate of drug-likeness (QED) is 0.636. The van der Waals surface area contributed by atoms with Gasteiger partial charge in [-0.25, -0.2) is 0 Å². The second-order valence-electron chi connectivity index (χ2n) is 5.26. The summed E-state index contributed by atoms with van der Waals surface area (Å²) in [6.07, 6.45) is 4.89. The Labute approximate surface area is 117 Å². The van der Waals surface area contributed by atoms with Crippen LogP contribution in [0.3, 0.4) is 0 Å². The zero-order chi connectivity index (χ0) is 14.1. The van der Waals surface area contributed by atoms with E-state index in [1.165, 1.54) is 0 Å². The average Bonchev–Trinajstić information content (AvgIpc) is 2.45. The number of ether oxygens (including phenoxy) is 2. The summed E-state index contributed by atoms with van der Waals surface area (Å²) >= 11 is 0. The third kappa shape index (κ3) is 4.77. The molecule has 0 saturated carbocycles. The molecular weight excluding hydrogens is 242 g/mol. The fourth-order valence-corrected chi connectivity index (χ4v) is 2.91. The summed E-state index contributed by atoms with van der Waals surface area (Å²) in [4.78, 5) is 14.4. The second kappa shape index (κ2) is 8.54. The normalized spacial score (nSPS) is 19.9. The van der Waals surface area contributed by atoms with Crippen LogP contribution in [0.1, 0.15) is 52.9 Å². The van der Waals surface area contributed by atoms with E-state index in [1.807, 2.05) is 6.92 Å². The first-order chi connectivity index (χ1) is 9.18. The third-order valence-corrected chi connectivity index (χ3v) is 4.11. The van der Waals surface area contributed by atoms with Gasteiger partial charge in [-0.05, 0) is 19.8 Å². The molecule has 0 N–H and O–H groups in total. The van der Waals surface area contributed by atoms with Gasteiger partial charge in [0.25, 0.3) is 0 Å². The highest BCUT2D eigenvalue weighted by Gasteiger charge is 2.37. The molecule has 1 unspecified atom stereocenters. The van der Waals surface area contributed by atoms with Crippen molar-refractivity contribution in [2.45, 2.75) is 58.4 Å². The molecule has 0 aromatic heterocycles. The Morgan fingerprint density at radius 1 is 1.26 bits per heavy atom. The molecule has 1 aliphatic heterocycles. The molecule has 0 aromatic rings. The number of nitrogens with zero attached hydrogens (tertiary/aromatic N) is 1. The summed E-state index contributed by atoms with van der Waals surface area (Å²) in [6.45, 7) is 10.1. The van der Waals surface area contributed by atoms with Crippen molar-refractivity contribution in [1.29, 1.82) is 0 Å². The molecule has 19 heavy (non-hydrogen) atoms. The van der Waals surface area contributed by atoms with Gasteiger partial charge in [-0.2, -0.15) is 0 Å². The maximum atomic E-state index is 11.9. The Bertz CT molecular complexity index is 264. The van der Waals surface area contributed by atoms with Crippen LogP contribution in [0.5, 0.6) is 0 Å². The highest BCUT2D eigenvalue weighted by molar-refractivity contribution is 5.70. The van der Waals surface area contributed by atoms with Crippen molar-refractivity contribution in [3.63, 3.8) is 0 Å². The summed E-state index contributed by atoms with van der Waals surface area (Å²) in [6, 6.07) is 0. The van der Waals surface area contributed by atoms with Crippen molar-refractivity contribution >= 4 is 5.97 Å². The fraction of sp³-hybridized carbons (Fsp3) is 0.933. The molecule has 4 heteroatoms. The van der Waals surface area contributed by atoms with Gasteiger partial charge in [0.1, 0.15) is 0 Å². The van der Waals surface area contributed by atoms with Crippen molar-refractivity contribution in [3.05, 3.63) is 0 Å². The number of rotatable bonds is 8. The van der Waals surface area contributed by atoms with E-state index in [0.717, 1.165) is 52.0 Å². The molecule has 1 heterocycles. The predicted octanol–water partition coefficient (Wildman–Crippen LogP) is 2.61. The Morgan fingerprint density at radius 2 is 1.95 bits per heavy atom. The van der Waals surface area contributed by atoms with Crippen LogP contribution in [0.4, 0.5) is 0 Å². The van der Waals surface area contributed by atoms with Gasteiger partial charge in [-0.15, -0.1) is 0 Å². The van der Waals surface area contributed by atoms with Crippen LogP contribution in [-0.4, -0.2) is 49.3 Å². The van der Waals surface area contributed by atoms with E-state index in [0.29, 0.717) is 13.0 Å². The van der Waals surface area contributed by atoms with Gasteiger partial charge in [0.05, 0.1) is 26.2 Å². The number of unbranched alkanes of at least 4 members (excludes halogenated alkanes) is 1. The monoisotopic (exact) mass is 271 g/mol. The van der Waals surface area contributed by atoms with Crippen LogP contribution in [0.2, 0.25) is 0 Å². The lowest BCUT2D eigenvalue weighted by atomic mass is 9.84. The van der Waals surface area contributed by atoms with Gasteiger partial charge in [-0.1, -0.05) is 26.7 Å². The SMILES string of the molecule is CCCCC(CC)(CC(=O)OCC)N1CCOCC1. The maximum Gasteiger partial charge on any atom is 0.307 e. The molecule has 0 amide bonds. The van der Waals surface area contributed by atoms with Gasteiger partial charge in [0.2, 0.25) is 0 Å². The average molecular weight is 271 g/mol. The van der Waals surface area contributed by atoms with Crippen LogP contribution in [0.25, 0.3) is 0 Å². The molecule has 112 valence electrons. The van der Waals surface area contributed by atoms with E-state index in [4.69, 9.17) is 9.47 Å². The Kier molecular flexibility index (Phi) is 7.39. The lowest BCUT2D eigenvalue weighted by Crippen LogP contribution is -2.54. The molecule has 1 atom stereocenters. The standard InChI is InChI=1S/C15H29NO3/c1-4-7-8-15(5-2,13-14(17)19-6-3)16-9-11-18-12-10-16/h4-13H2,1-3H3. The molecule has 0 aromatic carbocycles. The molecular formula is C15H29NO3. The number of carbonyl (C=O) groups excluding carboxylic acids is 1. The molecule has 0 aliphatic carbocycles. The van der Waals surface area contributed by atoms with Crippen LogP contribution < -0.4 is 0 Å². The highest BCUT2D eigenvalue weighted by atomic mass is 16.5. The van der Waals surface area contributed by atoms with Crippen molar-refractivity contribution in [2.75, 3.05) is 32.9 Å². The van der Waals surface area contributed by atoms with Crippen molar-refractivity contribution in [1.82, 2.24) is 4.90 Å². The number of hydrogen-bond acceptors (Lipinski definition) is 4. The molecule has 4 nitrogen and oxygen atoms in total. The zero-order valence-electron chi connectivity index (χ0n) is 12.7. The smallest absolute Gasteiger partial charge is 0.307 e. The maximum absolute atomic E-state index is 11.9. The van der Waals surface area contributed by atoms with E-state index < -0.39 is 0 Å². The van der Waals surface area contributed by atoms with Crippen molar-refractivity contribution in [3.8, 4) is 0 Å². The minimum absolute atomic E-state index is 0.0357. The van der Waals surface area contributed by atoms with Crippen LogP contribution in [0, 0.1) is 0 Å². The molecule has 1 saturated heterocycles. The Balaban J connectivity index is 2.75. The van der Waals surface area contributed by atoms with Gasteiger partial charge in [0.15, 0.2) is 0 Å². The van der Waals surface area contributed by atoms with E-state index >= 15 is 0 Å². The number of carbonyl (C=O) groups is 1. The molecule has 1 aliphatic rings. The van der Waals surface area contributed by atoms with Crippen LogP contribution in [0.15, 0.2) is 0 Å². The summed E-state index contributed by atoms with van der Waals surface area (Å²) in [7, 11) is 0. The summed E-state index contributed by atoms with van der Waals surface area (Å²) in [5.74, 6) is -0.0630. The largest absolute Gasteiger partial charge is 0.466 e. The minimum atomic E-state index is -0.0630. The zero-order valence-corrected chi connectivity index (χ0v) is 12.7. The Morgan fingerprint density at radius 3 is 2.47 bits per heavy atom. The van der Waals surface area contributed by atoms with Gasteiger partial charge in [0, 0.05) is 18.6 Å². The van der Waals surface area contributed by atoms with Crippen molar-refractivity contribution in [2.24, 2.45) is 0 Å². The molecule has 1 fully saturated rings. The minimum Gasteiger partial charge on any atom is -0.466 e. The lowest BCUT2D eigenvalue weighted by Gasteiger charge is -2.45. The molecule has 1 rings (SSSR count). The van der Waals surface area contributed by atoms with Crippen molar-refractivity contribution < 1.29 is 14.3 Å². The van der Waals surface area contributed by atoms with Gasteiger partial charge in [-0.3, -0.25) is 9.69 Å². The molecule has 0 bridgehead atoms. The van der Waals surface area contributed by atoms with E-state index in [2.05, 4.69) is 18.7 Å². The van der Waals surface area contributed by atoms with E-state index in [1.54, 1.807) is 0 Å². The highest BCUT2D eigenvalue weighted by Crippen LogP contribution is 2.31. The first-order valence-corrected chi connectivity index (χ1v) is 7.67. The first-order valence-electron chi connectivity index (χ1n) is 7.67. The number of esters is 1. The lowest BCUT2D eigenvalue weighted by molar-refractivity contribution is -0.148. The first kappa shape index (κ1) is 16.4. The topological polar surface area (TPSA) is 38.8 Å². The second-order valence-corrected chi connectivity index (χ2v) is 5.26. The van der Waals surface area contributed by atoms with Crippen LogP contribution in [-0.2, 0) is 14.3 Å². The summed E-state index contributed by atoms with van der Waals surface area (Å²) < 4.78 is 10.6. The molecule has 0 radical (unpaired) electrons. The Hall–Kier alpha value is -0.610. The number of morpholine rings is 1. The molecule has 0 spiro atoms. The van der Waals surface area contributed by atoms with E-state index in [-0.39, 0.29) is 11.5 Å². The van der Waals surface area contributed by atoms with E-state index in [9.17, 15) is 4.79 Å². The summed E-state index contributed by atoms with van der Waals surface area (Å²) in [5, 5.41) is 0. The number of hydrogen-bond donors (Lipinski definition) is 0. The fourth-order valence-electron chi connectivity index (χ4n) is 2.91. The van der Waals surface area contributed by atoms with Crippen LogP contribution >= 0.6 is 0 Å². The van der Waals surface area contributed by atoms with Gasteiger partial charge < -0.3 is 9.47 Å². The summed E-state index contributed by atoms with van der Waals surface area (Å²) in [5.41, 5.74) is -0.0357. The predicted molar refractivity (Wildman–Crippen MR) is 76.2 cm³/mol.